The highest BCUT2D eigenvalue weighted by molar-refractivity contribution is 7.13. The van der Waals surface area contributed by atoms with Gasteiger partial charge in [-0.2, -0.15) is 0 Å². The number of hydrogen-bond donors (Lipinski definition) is 2. The van der Waals surface area contributed by atoms with Gasteiger partial charge in [-0.1, -0.05) is 35.1 Å². The number of aryl methyl sites for hydroxylation is 1. The molecule has 0 atom stereocenters. The van der Waals surface area contributed by atoms with Gasteiger partial charge in [0.05, 0.1) is 13.2 Å². The third-order valence-corrected chi connectivity index (χ3v) is 6.36. The first-order valence-electron chi connectivity index (χ1n) is 11.6. The minimum Gasteiger partial charge on any atom is -0.486 e. The Balaban J connectivity index is 1.24. The van der Waals surface area contributed by atoms with E-state index in [4.69, 9.17) is 9.47 Å². The van der Waals surface area contributed by atoms with Gasteiger partial charge in [-0.3, -0.25) is 14.5 Å². The lowest BCUT2D eigenvalue weighted by atomic mass is 10.2. The first-order chi connectivity index (χ1) is 17.1. The first-order valence-corrected chi connectivity index (χ1v) is 12.4. The average molecular weight is 496 g/mol. The Hall–Kier alpha value is -3.34. The van der Waals surface area contributed by atoms with E-state index in [1.54, 1.807) is 24.3 Å². The zero-order chi connectivity index (χ0) is 24.5. The zero-order valence-electron chi connectivity index (χ0n) is 19.7. The van der Waals surface area contributed by atoms with E-state index in [9.17, 15) is 9.59 Å². The van der Waals surface area contributed by atoms with E-state index >= 15 is 0 Å². The minimum absolute atomic E-state index is 0.172. The molecule has 0 radical (unpaired) electrons. The molecule has 1 aliphatic heterocycles. The molecule has 0 aliphatic carbocycles. The molecule has 1 saturated heterocycles. The topological polar surface area (TPSA) is 106 Å². The van der Waals surface area contributed by atoms with Gasteiger partial charge in [-0.05, 0) is 50.2 Å². The van der Waals surface area contributed by atoms with E-state index in [-0.39, 0.29) is 23.4 Å². The van der Waals surface area contributed by atoms with Crippen LogP contribution in [0, 0.1) is 6.92 Å². The molecule has 0 bridgehead atoms. The van der Waals surface area contributed by atoms with Crippen LogP contribution in [0.2, 0.25) is 0 Å². The van der Waals surface area contributed by atoms with Crippen LogP contribution in [-0.2, 0) is 11.3 Å². The summed E-state index contributed by atoms with van der Waals surface area (Å²) in [5, 5.41) is 14.6. The van der Waals surface area contributed by atoms with Gasteiger partial charge in [0.25, 0.3) is 11.8 Å². The second-order valence-corrected chi connectivity index (χ2v) is 9.26. The fourth-order valence-corrected chi connectivity index (χ4v) is 4.19. The van der Waals surface area contributed by atoms with Gasteiger partial charge in [-0.15, -0.1) is 10.2 Å². The van der Waals surface area contributed by atoms with Crippen molar-refractivity contribution in [1.29, 1.82) is 0 Å². The van der Waals surface area contributed by atoms with Crippen molar-refractivity contribution >= 4 is 28.8 Å². The number of rotatable bonds is 10. The fraction of sp³-hybridized carbons (Fsp3) is 0.360. The Morgan fingerprint density at radius 2 is 1.89 bits per heavy atom. The molecule has 0 unspecified atom stereocenters. The number of aromatic nitrogens is 2. The molecular formula is C25H29N5O4S. The molecule has 2 heterocycles. The molecule has 1 fully saturated rings. The van der Waals surface area contributed by atoms with E-state index in [1.165, 1.54) is 11.3 Å². The highest BCUT2D eigenvalue weighted by atomic mass is 32.1. The zero-order valence-corrected chi connectivity index (χ0v) is 20.5. The van der Waals surface area contributed by atoms with Crippen molar-refractivity contribution < 1.29 is 19.1 Å². The summed E-state index contributed by atoms with van der Waals surface area (Å²) in [7, 11) is 0. The number of carbonyl (C=O) groups is 2. The quantitative estimate of drug-likeness (QED) is 0.416. The number of nitrogens with one attached hydrogen (secondary N) is 2. The molecule has 2 N–H and O–H groups in total. The molecule has 1 aliphatic rings. The van der Waals surface area contributed by atoms with E-state index in [0.717, 1.165) is 50.6 Å². The van der Waals surface area contributed by atoms with Crippen LogP contribution in [-0.4, -0.2) is 66.3 Å². The van der Waals surface area contributed by atoms with Gasteiger partial charge in [0.1, 0.15) is 12.4 Å². The lowest BCUT2D eigenvalue weighted by Gasteiger charge is -2.26. The van der Waals surface area contributed by atoms with Crippen molar-refractivity contribution in [1.82, 2.24) is 20.4 Å². The summed E-state index contributed by atoms with van der Waals surface area (Å²) >= 11 is 1.17. The summed E-state index contributed by atoms with van der Waals surface area (Å²) in [4.78, 5) is 27.5. The Kier molecular flexibility index (Phi) is 8.77. The number of nitrogens with zero attached hydrogens (tertiary/aromatic N) is 3. The predicted molar refractivity (Wildman–Crippen MR) is 134 cm³/mol. The van der Waals surface area contributed by atoms with E-state index in [0.29, 0.717) is 22.8 Å². The lowest BCUT2D eigenvalue weighted by Crippen LogP contribution is -2.38. The van der Waals surface area contributed by atoms with Crippen LogP contribution in [0.15, 0.2) is 48.5 Å². The Labute approximate surface area is 208 Å². The molecule has 3 aromatic rings. The Morgan fingerprint density at radius 1 is 1.09 bits per heavy atom. The van der Waals surface area contributed by atoms with Crippen molar-refractivity contribution in [2.45, 2.75) is 20.0 Å². The van der Waals surface area contributed by atoms with E-state index in [2.05, 4.69) is 25.7 Å². The maximum Gasteiger partial charge on any atom is 0.286 e. The second kappa shape index (κ2) is 12.4. The lowest BCUT2D eigenvalue weighted by molar-refractivity contribution is 0.0374. The van der Waals surface area contributed by atoms with Crippen molar-refractivity contribution in [2.75, 3.05) is 44.7 Å². The highest BCUT2D eigenvalue weighted by Crippen LogP contribution is 2.18. The Morgan fingerprint density at radius 3 is 2.69 bits per heavy atom. The van der Waals surface area contributed by atoms with Crippen molar-refractivity contribution in [3.05, 3.63) is 69.7 Å². The largest absolute Gasteiger partial charge is 0.486 e. The normalized spacial score (nSPS) is 13.9. The fourth-order valence-electron chi connectivity index (χ4n) is 3.54. The Bertz CT molecular complexity index is 1130. The molecule has 2 amide bonds. The highest BCUT2D eigenvalue weighted by Gasteiger charge is 2.15. The summed E-state index contributed by atoms with van der Waals surface area (Å²) in [5.74, 6) is 0.176. The number of morpholine rings is 1. The van der Waals surface area contributed by atoms with Gasteiger partial charge in [0, 0.05) is 30.9 Å². The third-order valence-electron chi connectivity index (χ3n) is 5.47. The van der Waals surface area contributed by atoms with Gasteiger partial charge in [0.2, 0.25) is 5.01 Å². The van der Waals surface area contributed by atoms with Crippen LogP contribution < -0.4 is 15.4 Å². The van der Waals surface area contributed by atoms with Crippen molar-refractivity contribution in [3.8, 4) is 5.75 Å². The van der Waals surface area contributed by atoms with E-state index < -0.39 is 0 Å². The molecule has 9 nitrogen and oxygen atoms in total. The monoisotopic (exact) mass is 495 g/mol. The number of ether oxygens (including phenoxy) is 2. The average Bonchev–Trinajstić information content (AvgIpc) is 3.36. The van der Waals surface area contributed by atoms with Gasteiger partial charge in [0.15, 0.2) is 5.01 Å². The molecule has 1 aromatic heterocycles. The first kappa shape index (κ1) is 24.8. The summed E-state index contributed by atoms with van der Waals surface area (Å²) in [6.07, 6.45) is 0.870. The van der Waals surface area contributed by atoms with Gasteiger partial charge in [-0.25, -0.2) is 0 Å². The molecule has 0 saturated carbocycles. The summed E-state index contributed by atoms with van der Waals surface area (Å²) in [6, 6.07) is 14.5. The smallest absolute Gasteiger partial charge is 0.286 e. The van der Waals surface area contributed by atoms with Crippen LogP contribution >= 0.6 is 11.3 Å². The summed E-state index contributed by atoms with van der Waals surface area (Å²) < 4.78 is 11.0. The number of hydrogen-bond acceptors (Lipinski definition) is 8. The molecule has 0 spiro atoms. The minimum atomic E-state index is -0.382. The van der Waals surface area contributed by atoms with Crippen LogP contribution in [0.3, 0.4) is 0 Å². The van der Waals surface area contributed by atoms with Gasteiger partial charge >= 0.3 is 0 Å². The van der Waals surface area contributed by atoms with Crippen LogP contribution in [0.25, 0.3) is 0 Å². The second-order valence-electron chi connectivity index (χ2n) is 8.20. The number of amides is 2. The van der Waals surface area contributed by atoms with Crippen molar-refractivity contribution in [2.24, 2.45) is 0 Å². The van der Waals surface area contributed by atoms with E-state index in [1.807, 2.05) is 31.2 Å². The van der Waals surface area contributed by atoms with Gasteiger partial charge < -0.3 is 20.1 Å². The predicted octanol–water partition coefficient (Wildman–Crippen LogP) is 3.13. The van der Waals surface area contributed by atoms with Crippen molar-refractivity contribution in [3.63, 3.8) is 0 Å². The number of anilines is 1. The molecular weight excluding hydrogens is 466 g/mol. The molecule has 2 aromatic carbocycles. The molecule has 184 valence electrons. The molecule has 4 rings (SSSR count). The molecule has 35 heavy (non-hydrogen) atoms. The summed E-state index contributed by atoms with van der Waals surface area (Å²) in [6.45, 7) is 7.17. The SMILES string of the molecule is Cc1ccc(OCc2nnc(C(=O)Nc3cccc(C(=O)NCCCN4CCOCC4)c3)s2)cc1. The molecule has 10 heteroatoms. The van der Waals surface area contributed by atoms with Crippen LogP contribution in [0.1, 0.15) is 37.2 Å². The van der Waals surface area contributed by atoms with Crippen LogP contribution in [0.4, 0.5) is 5.69 Å². The van der Waals surface area contributed by atoms with Crippen LogP contribution in [0.5, 0.6) is 5.75 Å². The standard InChI is InChI=1S/C25H29N5O4S/c1-18-6-8-21(9-7-18)34-17-22-28-29-25(35-22)24(32)27-20-5-2-4-19(16-20)23(31)26-10-3-11-30-12-14-33-15-13-30/h2,4-9,16H,3,10-15,17H2,1H3,(H,26,31)(H,27,32). The maximum atomic E-state index is 12.6. The number of carbonyl (C=O) groups excluding carboxylic acids is 2. The maximum absolute atomic E-state index is 12.6. The summed E-state index contributed by atoms with van der Waals surface area (Å²) in [5.41, 5.74) is 2.15. The number of benzene rings is 2. The third kappa shape index (κ3) is 7.57.